The molecule has 6 nitrogen and oxygen atoms in total. The van der Waals surface area contributed by atoms with Gasteiger partial charge in [0.25, 0.3) is 5.56 Å². The highest BCUT2D eigenvalue weighted by atomic mass is 35.5. The van der Waals surface area contributed by atoms with Crippen molar-refractivity contribution in [2.24, 2.45) is 0 Å². The van der Waals surface area contributed by atoms with E-state index < -0.39 is 23.6 Å². The summed E-state index contributed by atoms with van der Waals surface area (Å²) in [5.74, 6) is -0.923. The minimum Gasteiger partial charge on any atom is -0.468 e. The number of halogens is 4. The Labute approximate surface area is 126 Å². The fourth-order valence-electron chi connectivity index (χ4n) is 1.24. The third-order valence-electron chi connectivity index (χ3n) is 2.17. The third-order valence-corrected chi connectivity index (χ3v) is 3.28. The first-order valence-electron chi connectivity index (χ1n) is 5.51. The lowest BCUT2D eigenvalue weighted by molar-refractivity contribution is -0.141. The van der Waals surface area contributed by atoms with E-state index in [9.17, 15) is 22.8 Å². The van der Waals surface area contributed by atoms with Crippen molar-refractivity contribution in [3.8, 4) is 0 Å². The van der Waals surface area contributed by atoms with Crippen LogP contribution in [0.1, 0.15) is 0 Å². The second-order valence-corrected chi connectivity index (χ2v) is 5.17. The monoisotopic (exact) mass is 345 g/mol. The maximum Gasteiger partial charge on any atom is 0.441 e. The number of hydrogen-bond acceptors (Lipinski definition) is 6. The van der Waals surface area contributed by atoms with Gasteiger partial charge in [-0.2, -0.15) is 18.3 Å². The Hall–Kier alpha value is -1.42. The number of anilines is 1. The Balaban J connectivity index is 2.67. The molecule has 21 heavy (non-hydrogen) atoms. The lowest BCUT2D eigenvalue weighted by atomic mass is 10.4. The Bertz CT molecular complexity index is 565. The van der Waals surface area contributed by atoms with Crippen molar-refractivity contribution in [1.29, 1.82) is 0 Å². The molecule has 0 radical (unpaired) electrons. The fraction of sp³-hybridized carbons (Fsp3) is 0.500. The van der Waals surface area contributed by atoms with Gasteiger partial charge in [-0.1, -0.05) is 11.6 Å². The topological polar surface area (TPSA) is 73.2 Å². The number of methoxy groups -OCH3 is 1. The summed E-state index contributed by atoms with van der Waals surface area (Å²) >= 11 is 5.58. The van der Waals surface area contributed by atoms with Crippen LogP contribution in [0, 0.1) is 0 Å². The number of aromatic nitrogens is 2. The average molecular weight is 346 g/mol. The van der Waals surface area contributed by atoms with Crippen LogP contribution in [0.3, 0.4) is 0 Å². The summed E-state index contributed by atoms with van der Waals surface area (Å²) in [6.45, 7) is -0.453. The summed E-state index contributed by atoms with van der Waals surface area (Å²) < 4.78 is 41.0. The molecule has 1 aromatic heterocycles. The van der Waals surface area contributed by atoms with Crippen molar-refractivity contribution in [2.45, 2.75) is 12.1 Å². The van der Waals surface area contributed by atoms with Crippen LogP contribution in [0.25, 0.3) is 0 Å². The molecule has 1 rings (SSSR count). The molecule has 0 aromatic carbocycles. The van der Waals surface area contributed by atoms with E-state index in [4.69, 9.17) is 11.6 Å². The molecule has 11 heteroatoms. The first-order chi connectivity index (χ1) is 9.74. The van der Waals surface area contributed by atoms with Crippen molar-refractivity contribution in [3.05, 3.63) is 21.6 Å². The summed E-state index contributed by atoms with van der Waals surface area (Å²) in [6.07, 6.45) is 1.16. The first-order valence-corrected chi connectivity index (χ1v) is 6.88. The number of nitrogens with one attached hydrogen (secondary N) is 1. The van der Waals surface area contributed by atoms with Crippen LogP contribution in [0.5, 0.6) is 0 Å². The number of ether oxygens (including phenoxy) is 1. The molecule has 0 bridgehead atoms. The third kappa shape index (κ3) is 5.84. The number of nitrogens with zero attached hydrogens (tertiary/aromatic N) is 2. The van der Waals surface area contributed by atoms with E-state index in [0.29, 0.717) is 0 Å². The Morgan fingerprint density at radius 3 is 2.81 bits per heavy atom. The summed E-state index contributed by atoms with van der Waals surface area (Å²) in [5, 5.41) is 6.00. The van der Waals surface area contributed by atoms with Crippen molar-refractivity contribution >= 4 is 35.0 Å². The molecule has 1 aromatic rings. The van der Waals surface area contributed by atoms with Crippen molar-refractivity contribution in [2.75, 3.05) is 24.7 Å². The molecule has 0 fully saturated rings. The van der Waals surface area contributed by atoms with Crippen molar-refractivity contribution < 1.29 is 22.7 Å². The van der Waals surface area contributed by atoms with E-state index in [-0.39, 0.29) is 34.8 Å². The molecule has 118 valence electrons. The molecule has 1 heterocycles. The number of hydrogen-bond donors (Lipinski definition) is 1. The largest absolute Gasteiger partial charge is 0.468 e. The lowest BCUT2D eigenvalue weighted by Gasteiger charge is -2.10. The smallest absolute Gasteiger partial charge is 0.441 e. The molecular weight excluding hydrogens is 335 g/mol. The summed E-state index contributed by atoms with van der Waals surface area (Å²) in [5.41, 5.74) is -4.95. The van der Waals surface area contributed by atoms with Gasteiger partial charge in [-0.25, -0.2) is 4.68 Å². The molecule has 0 atom stereocenters. The standard InChI is InChI=1S/C10H11ClF3N3O3S/c1-20-7(18)5-17-9(19)8(11)6(4-16-17)15-2-3-21-10(12,13)14/h4,15H,2-3,5H2,1H3. The van der Waals surface area contributed by atoms with Gasteiger partial charge >= 0.3 is 11.5 Å². The van der Waals surface area contributed by atoms with E-state index in [1.807, 2.05) is 0 Å². The van der Waals surface area contributed by atoms with E-state index in [1.165, 1.54) is 0 Å². The van der Waals surface area contributed by atoms with Gasteiger partial charge in [-0.3, -0.25) is 9.59 Å². The maximum absolute atomic E-state index is 11.9. The van der Waals surface area contributed by atoms with Crippen LogP contribution < -0.4 is 10.9 Å². The summed E-state index contributed by atoms with van der Waals surface area (Å²) in [4.78, 5) is 22.8. The number of rotatable bonds is 6. The minimum absolute atomic E-state index is 0.0496. The molecular formula is C10H11ClF3N3O3S. The Morgan fingerprint density at radius 2 is 2.24 bits per heavy atom. The van der Waals surface area contributed by atoms with Gasteiger partial charge in [0.2, 0.25) is 0 Å². The fourth-order valence-corrected chi connectivity index (χ4v) is 1.89. The zero-order valence-electron chi connectivity index (χ0n) is 10.7. The highest BCUT2D eigenvalue weighted by Gasteiger charge is 2.27. The van der Waals surface area contributed by atoms with Gasteiger partial charge in [0.15, 0.2) is 0 Å². The maximum atomic E-state index is 11.9. The SMILES string of the molecule is COC(=O)Cn1ncc(NCCSC(F)(F)F)c(Cl)c1=O. The average Bonchev–Trinajstić information content (AvgIpc) is 2.40. The predicted octanol–water partition coefficient (Wildman–Crippen LogP) is 1.73. The zero-order valence-corrected chi connectivity index (χ0v) is 12.3. The van der Waals surface area contributed by atoms with Crippen LogP contribution in [-0.2, 0) is 16.1 Å². The quantitative estimate of drug-likeness (QED) is 0.625. The highest BCUT2D eigenvalue weighted by Crippen LogP contribution is 2.29. The molecule has 0 aliphatic heterocycles. The summed E-state index contributed by atoms with van der Waals surface area (Å²) in [6, 6.07) is 0. The van der Waals surface area contributed by atoms with Crippen LogP contribution in [0.15, 0.2) is 11.0 Å². The van der Waals surface area contributed by atoms with Crippen LogP contribution in [0.2, 0.25) is 5.02 Å². The number of carbonyl (C=O) groups is 1. The van der Waals surface area contributed by atoms with E-state index in [2.05, 4.69) is 15.2 Å². The van der Waals surface area contributed by atoms with Gasteiger partial charge in [-0.15, -0.1) is 0 Å². The van der Waals surface area contributed by atoms with Gasteiger partial charge in [0, 0.05) is 12.3 Å². The zero-order chi connectivity index (χ0) is 16.0. The Kier molecular flexibility index (Phi) is 6.34. The molecule has 0 aliphatic rings. The van der Waals surface area contributed by atoms with E-state index >= 15 is 0 Å². The molecule has 1 N–H and O–H groups in total. The van der Waals surface area contributed by atoms with Gasteiger partial charge in [-0.05, 0) is 11.8 Å². The molecule has 0 amide bonds. The second-order valence-electron chi connectivity index (χ2n) is 3.63. The number of alkyl halides is 3. The highest BCUT2D eigenvalue weighted by molar-refractivity contribution is 8.00. The van der Waals surface area contributed by atoms with Crippen LogP contribution in [-0.4, -0.2) is 40.7 Å². The van der Waals surface area contributed by atoms with Crippen molar-refractivity contribution in [1.82, 2.24) is 9.78 Å². The second kappa shape index (κ2) is 7.55. The summed E-state index contributed by atoms with van der Waals surface area (Å²) in [7, 11) is 1.16. The normalized spacial score (nSPS) is 11.3. The number of carbonyl (C=O) groups excluding carboxylic acids is 1. The first kappa shape index (κ1) is 17.6. The van der Waals surface area contributed by atoms with E-state index in [1.54, 1.807) is 0 Å². The molecule has 0 aliphatic carbocycles. The van der Waals surface area contributed by atoms with Crippen LogP contribution >= 0.6 is 23.4 Å². The predicted molar refractivity (Wildman–Crippen MR) is 72.5 cm³/mol. The molecule has 0 saturated heterocycles. The van der Waals surface area contributed by atoms with Gasteiger partial charge < -0.3 is 10.1 Å². The van der Waals surface area contributed by atoms with Gasteiger partial charge in [0.05, 0.1) is 19.0 Å². The molecule has 0 spiro atoms. The Morgan fingerprint density at radius 1 is 1.57 bits per heavy atom. The van der Waals surface area contributed by atoms with Crippen molar-refractivity contribution in [3.63, 3.8) is 0 Å². The number of esters is 1. The van der Waals surface area contributed by atoms with Crippen LogP contribution in [0.4, 0.5) is 18.9 Å². The minimum atomic E-state index is -4.31. The number of thioether (sulfide) groups is 1. The van der Waals surface area contributed by atoms with Gasteiger partial charge in [0.1, 0.15) is 11.6 Å². The molecule has 0 unspecified atom stereocenters. The lowest BCUT2D eigenvalue weighted by Crippen LogP contribution is -2.28. The van der Waals surface area contributed by atoms with E-state index in [0.717, 1.165) is 18.0 Å². The molecule has 0 saturated carbocycles.